The maximum atomic E-state index is 12.9. The number of hydrogen-bond acceptors (Lipinski definition) is 4. The van der Waals surface area contributed by atoms with Crippen LogP contribution in [-0.2, 0) is 11.3 Å². The zero-order chi connectivity index (χ0) is 19.2. The highest BCUT2D eigenvalue weighted by atomic mass is 16.2. The van der Waals surface area contributed by atoms with Crippen LogP contribution in [0.1, 0.15) is 55.8 Å². The van der Waals surface area contributed by atoms with E-state index < -0.39 is 0 Å². The molecule has 1 atom stereocenters. The Bertz CT molecular complexity index is 751. The van der Waals surface area contributed by atoms with Crippen molar-refractivity contribution in [3.63, 3.8) is 0 Å². The maximum Gasteiger partial charge on any atom is 0.236 e. The van der Waals surface area contributed by atoms with Gasteiger partial charge in [0.15, 0.2) is 0 Å². The minimum Gasteiger partial charge on any atom is -0.341 e. The number of amides is 1. The first-order valence-corrected chi connectivity index (χ1v) is 10.7. The molecule has 0 saturated carbocycles. The largest absolute Gasteiger partial charge is 0.341 e. The lowest BCUT2D eigenvalue weighted by atomic mass is 9.97. The van der Waals surface area contributed by atoms with E-state index in [4.69, 9.17) is 0 Å². The molecule has 2 fully saturated rings. The van der Waals surface area contributed by atoms with Crippen molar-refractivity contribution in [3.8, 4) is 0 Å². The standard InChI is InChI=1S/C22H31N5O/c28-21(18-25-12-3-1-2-4-13-25)26-14-5-6-20(17-26)22-24-11-15-27(22)16-19-7-9-23-10-8-19/h7-11,15,20H,1-6,12-14,16-18H2/t20-/m1/s1. The second kappa shape index (κ2) is 9.32. The van der Waals surface area contributed by atoms with Gasteiger partial charge in [-0.25, -0.2) is 4.98 Å². The summed E-state index contributed by atoms with van der Waals surface area (Å²) in [6.45, 7) is 5.20. The molecule has 2 aliphatic rings. The summed E-state index contributed by atoms with van der Waals surface area (Å²) in [5.41, 5.74) is 1.22. The Labute approximate surface area is 167 Å². The van der Waals surface area contributed by atoms with Crippen LogP contribution in [0.15, 0.2) is 36.9 Å². The summed E-state index contributed by atoms with van der Waals surface area (Å²) in [7, 11) is 0. The molecule has 1 amide bonds. The fourth-order valence-electron chi connectivity index (χ4n) is 4.50. The molecule has 4 heterocycles. The average molecular weight is 382 g/mol. The van der Waals surface area contributed by atoms with Gasteiger partial charge in [-0.15, -0.1) is 0 Å². The fraction of sp³-hybridized carbons (Fsp3) is 0.591. The van der Waals surface area contributed by atoms with Crippen molar-refractivity contribution in [3.05, 3.63) is 48.3 Å². The predicted molar refractivity (Wildman–Crippen MR) is 109 cm³/mol. The van der Waals surface area contributed by atoms with Gasteiger partial charge in [0.05, 0.1) is 6.54 Å². The molecule has 6 heteroatoms. The van der Waals surface area contributed by atoms with Crippen LogP contribution in [0, 0.1) is 0 Å². The van der Waals surface area contributed by atoms with Gasteiger partial charge in [-0.2, -0.15) is 0 Å². The molecule has 6 nitrogen and oxygen atoms in total. The fourth-order valence-corrected chi connectivity index (χ4v) is 4.50. The van der Waals surface area contributed by atoms with E-state index in [0.717, 1.165) is 51.4 Å². The van der Waals surface area contributed by atoms with Gasteiger partial charge in [0.2, 0.25) is 5.91 Å². The molecule has 4 rings (SSSR count). The zero-order valence-corrected chi connectivity index (χ0v) is 16.7. The molecule has 2 aliphatic heterocycles. The summed E-state index contributed by atoms with van der Waals surface area (Å²) in [4.78, 5) is 26.1. The molecule has 2 saturated heterocycles. The Morgan fingerprint density at radius 2 is 1.79 bits per heavy atom. The van der Waals surface area contributed by atoms with Gasteiger partial charge < -0.3 is 9.47 Å². The van der Waals surface area contributed by atoms with Crippen LogP contribution in [0.5, 0.6) is 0 Å². The van der Waals surface area contributed by atoms with Crippen LogP contribution in [0.2, 0.25) is 0 Å². The highest BCUT2D eigenvalue weighted by molar-refractivity contribution is 5.78. The van der Waals surface area contributed by atoms with E-state index in [-0.39, 0.29) is 0 Å². The second-order valence-corrected chi connectivity index (χ2v) is 8.14. The zero-order valence-electron chi connectivity index (χ0n) is 16.7. The van der Waals surface area contributed by atoms with Gasteiger partial charge in [-0.05, 0) is 56.5 Å². The van der Waals surface area contributed by atoms with E-state index in [1.54, 1.807) is 0 Å². The third-order valence-corrected chi connectivity index (χ3v) is 6.05. The molecule has 0 spiro atoms. The lowest BCUT2D eigenvalue weighted by Crippen LogP contribution is -2.45. The van der Waals surface area contributed by atoms with Crippen LogP contribution < -0.4 is 0 Å². The maximum absolute atomic E-state index is 12.9. The third kappa shape index (κ3) is 4.79. The van der Waals surface area contributed by atoms with Crippen molar-refractivity contribution in [1.82, 2.24) is 24.3 Å². The van der Waals surface area contributed by atoms with Crippen LogP contribution in [0.25, 0.3) is 0 Å². The summed E-state index contributed by atoms with van der Waals surface area (Å²) in [5.74, 6) is 1.71. The van der Waals surface area contributed by atoms with E-state index in [1.807, 2.05) is 36.9 Å². The van der Waals surface area contributed by atoms with Gasteiger partial charge in [0, 0.05) is 50.3 Å². The van der Waals surface area contributed by atoms with E-state index in [0.29, 0.717) is 18.4 Å². The summed E-state index contributed by atoms with van der Waals surface area (Å²) >= 11 is 0. The van der Waals surface area contributed by atoms with Gasteiger partial charge in [0.1, 0.15) is 5.82 Å². The first kappa shape index (κ1) is 19.1. The van der Waals surface area contributed by atoms with Crippen molar-refractivity contribution in [2.24, 2.45) is 0 Å². The number of pyridine rings is 1. The smallest absolute Gasteiger partial charge is 0.236 e. The molecule has 0 aliphatic carbocycles. The molecule has 28 heavy (non-hydrogen) atoms. The molecule has 0 unspecified atom stereocenters. The third-order valence-electron chi connectivity index (χ3n) is 6.05. The summed E-state index contributed by atoms with van der Waals surface area (Å²) in [6.07, 6.45) is 14.8. The Kier molecular flexibility index (Phi) is 6.37. The summed E-state index contributed by atoms with van der Waals surface area (Å²) in [6, 6.07) is 4.09. The van der Waals surface area contributed by atoms with Crippen molar-refractivity contribution < 1.29 is 4.79 Å². The Balaban J connectivity index is 1.38. The van der Waals surface area contributed by atoms with Crippen LogP contribution in [0.3, 0.4) is 0 Å². The normalized spacial score (nSPS) is 21.4. The molecule has 2 aromatic heterocycles. The van der Waals surface area contributed by atoms with Crippen LogP contribution >= 0.6 is 0 Å². The monoisotopic (exact) mass is 381 g/mol. The van der Waals surface area contributed by atoms with E-state index in [9.17, 15) is 4.79 Å². The first-order valence-electron chi connectivity index (χ1n) is 10.7. The van der Waals surface area contributed by atoms with Crippen molar-refractivity contribution in [2.45, 2.75) is 51.0 Å². The number of aromatic nitrogens is 3. The Morgan fingerprint density at radius 3 is 2.57 bits per heavy atom. The number of rotatable bonds is 5. The number of nitrogens with zero attached hydrogens (tertiary/aromatic N) is 5. The second-order valence-electron chi connectivity index (χ2n) is 8.14. The summed E-state index contributed by atoms with van der Waals surface area (Å²) < 4.78 is 2.22. The van der Waals surface area contributed by atoms with Gasteiger partial charge in [-0.1, -0.05) is 12.8 Å². The number of piperidine rings is 1. The van der Waals surface area contributed by atoms with Crippen LogP contribution in [-0.4, -0.2) is 63.0 Å². The van der Waals surface area contributed by atoms with Crippen molar-refractivity contribution in [1.29, 1.82) is 0 Å². The quantitative estimate of drug-likeness (QED) is 0.799. The molecule has 0 aromatic carbocycles. The molecular formula is C22H31N5O. The lowest BCUT2D eigenvalue weighted by molar-refractivity contribution is -0.133. The van der Waals surface area contributed by atoms with E-state index >= 15 is 0 Å². The average Bonchev–Trinajstić information content (AvgIpc) is 3.03. The Morgan fingerprint density at radius 1 is 1.00 bits per heavy atom. The van der Waals surface area contributed by atoms with Gasteiger partial charge in [-0.3, -0.25) is 14.7 Å². The molecule has 0 bridgehead atoms. The lowest BCUT2D eigenvalue weighted by Gasteiger charge is -2.34. The number of carbonyl (C=O) groups excluding carboxylic acids is 1. The molecule has 0 radical (unpaired) electrons. The minimum atomic E-state index is 0.291. The van der Waals surface area contributed by atoms with E-state index in [1.165, 1.54) is 31.2 Å². The van der Waals surface area contributed by atoms with E-state index in [2.05, 4.69) is 24.3 Å². The highest BCUT2D eigenvalue weighted by Crippen LogP contribution is 2.26. The van der Waals surface area contributed by atoms with Crippen molar-refractivity contribution >= 4 is 5.91 Å². The predicted octanol–water partition coefficient (Wildman–Crippen LogP) is 2.91. The van der Waals surface area contributed by atoms with Gasteiger partial charge in [0.25, 0.3) is 0 Å². The highest BCUT2D eigenvalue weighted by Gasteiger charge is 2.28. The topological polar surface area (TPSA) is 54.3 Å². The minimum absolute atomic E-state index is 0.291. The van der Waals surface area contributed by atoms with Gasteiger partial charge >= 0.3 is 0 Å². The molecular weight excluding hydrogens is 350 g/mol. The first-order chi connectivity index (χ1) is 13.8. The number of hydrogen-bond donors (Lipinski definition) is 0. The van der Waals surface area contributed by atoms with Crippen molar-refractivity contribution in [2.75, 3.05) is 32.7 Å². The number of likely N-dealkylation sites (tertiary alicyclic amines) is 2. The Hall–Kier alpha value is -2.21. The molecule has 150 valence electrons. The molecule has 2 aromatic rings. The van der Waals surface area contributed by atoms with Crippen LogP contribution in [0.4, 0.5) is 0 Å². The summed E-state index contributed by atoms with van der Waals surface area (Å²) in [5, 5.41) is 0. The molecule has 0 N–H and O–H groups in total. The SMILES string of the molecule is O=C(CN1CCCCCC1)N1CCC[C@@H](c2nccn2Cc2ccncc2)C1. The number of carbonyl (C=O) groups is 1. The number of imidazole rings is 1.